The lowest BCUT2D eigenvalue weighted by Gasteiger charge is -2.12. The van der Waals surface area contributed by atoms with Crippen molar-refractivity contribution in [1.82, 2.24) is 0 Å². The molecule has 9 nitrogen and oxygen atoms in total. The molecule has 0 bridgehead atoms. The van der Waals surface area contributed by atoms with Gasteiger partial charge in [-0.1, -0.05) is 48.5 Å². The van der Waals surface area contributed by atoms with Crippen LogP contribution in [0.25, 0.3) is 21.5 Å². The van der Waals surface area contributed by atoms with Crippen LogP contribution in [0.2, 0.25) is 0 Å². The minimum atomic E-state index is -0.532. The molecule has 5 aromatic carbocycles. The van der Waals surface area contributed by atoms with Gasteiger partial charge in [-0.05, 0) is 54.1 Å². The number of nitrogens with one attached hydrogen (secondary N) is 1. The Kier molecular flexibility index (Phi) is 6.65. The number of amides is 1. The fraction of sp³-hybridized carbons (Fsp3) is 0.0690. The Balaban J connectivity index is 1.48. The fourth-order valence-electron chi connectivity index (χ4n) is 4.18. The van der Waals surface area contributed by atoms with Gasteiger partial charge in [0.2, 0.25) is 0 Å². The van der Waals surface area contributed by atoms with E-state index in [-0.39, 0.29) is 22.7 Å². The molecule has 0 radical (unpaired) electrons. The number of fused-ring (bicyclic) bond motifs is 2. The van der Waals surface area contributed by atoms with Crippen LogP contribution in [0.5, 0.6) is 11.5 Å². The number of azo groups is 1. The van der Waals surface area contributed by atoms with Gasteiger partial charge in [-0.25, -0.2) is 0 Å². The van der Waals surface area contributed by atoms with E-state index in [4.69, 9.17) is 4.74 Å². The molecule has 0 aliphatic carbocycles. The molecule has 0 unspecified atom stereocenters. The van der Waals surface area contributed by atoms with Crippen molar-refractivity contribution in [1.29, 1.82) is 0 Å². The topological polar surface area (TPSA) is 126 Å². The zero-order chi connectivity index (χ0) is 26.6. The summed E-state index contributed by atoms with van der Waals surface area (Å²) in [5, 5.41) is 36.3. The van der Waals surface area contributed by atoms with Crippen molar-refractivity contribution in [2.24, 2.45) is 10.2 Å². The molecule has 0 aliphatic heterocycles. The number of carbonyl (C=O) groups excluding carboxylic acids is 1. The smallest absolute Gasteiger partial charge is 0.300 e. The summed E-state index contributed by atoms with van der Waals surface area (Å²) in [6.07, 6.45) is 0. The molecule has 0 fully saturated rings. The highest BCUT2D eigenvalue weighted by Crippen LogP contribution is 2.36. The van der Waals surface area contributed by atoms with Crippen LogP contribution in [0.3, 0.4) is 0 Å². The van der Waals surface area contributed by atoms with Crippen molar-refractivity contribution in [2.45, 2.75) is 6.92 Å². The van der Waals surface area contributed by atoms with Gasteiger partial charge in [-0.3, -0.25) is 14.9 Å². The molecule has 1 amide bonds. The second-order valence-corrected chi connectivity index (χ2v) is 8.39. The number of ether oxygens (including phenoxy) is 1. The normalized spacial score (nSPS) is 11.2. The first-order valence-electron chi connectivity index (χ1n) is 11.8. The molecule has 0 saturated carbocycles. The maximum absolute atomic E-state index is 13.1. The summed E-state index contributed by atoms with van der Waals surface area (Å²) in [6.45, 7) is 2.18. The zero-order valence-corrected chi connectivity index (χ0v) is 20.3. The zero-order valence-electron chi connectivity index (χ0n) is 20.3. The number of carbonyl (C=O) groups is 1. The van der Waals surface area contributed by atoms with Crippen LogP contribution in [0.1, 0.15) is 17.3 Å². The van der Waals surface area contributed by atoms with Crippen LogP contribution < -0.4 is 10.1 Å². The lowest BCUT2D eigenvalue weighted by Crippen LogP contribution is -2.12. The molecule has 2 N–H and O–H groups in total. The molecule has 0 heterocycles. The molecule has 0 aromatic heterocycles. The first-order chi connectivity index (χ1) is 18.4. The quantitative estimate of drug-likeness (QED) is 0.133. The van der Waals surface area contributed by atoms with Crippen molar-refractivity contribution in [3.8, 4) is 11.5 Å². The number of nitro groups is 1. The average Bonchev–Trinajstić information content (AvgIpc) is 2.92. The monoisotopic (exact) mass is 506 g/mol. The van der Waals surface area contributed by atoms with E-state index in [0.717, 1.165) is 10.8 Å². The predicted molar refractivity (Wildman–Crippen MR) is 146 cm³/mol. The Bertz CT molecular complexity index is 1730. The Labute approximate surface area is 217 Å². The van der Waals surface area contributed by atoms with E-state index in [2.05, 4.69) is 15.5 Å². The van der Waals surface area contributed by atoms with Crippen molar-refractivity contribution in [3.63, 3.8) is 0 Å². The number of nitro benzene ring substituents is 1. The van der Waals surface area contributed by atoms with Gasteiger partial charge in [-0.15, -0.1) is 10.2 Å². The van der Waals surface area contributed by atoms with Gasteiger partial charge in [-0.2, -0.15) is 0 Å². The van der Waals surface area contributed by atoms with Gasteiger partial charge in [0.15, 0.2) is 5.69 Å². The molecule has 188 valence electrons. The molecule has 0 aliphatic rings. The number of rotatable bonds is 7. The van der Waals surface area contributed by atoms with E-state index in [1.807, 2.05) is 48.5 Å². The Morgan fingerprint density at radius 2 is 1.55 bits per heavy atom. The van der Waals surface area contributed by atoms with Crippen LogP contribution in [0.15, 0.2) is 101 Å². The summed E-state index contributed by atoms with van der Waals surface area (Å²) >= 11 is 0. The van der Waals surface area contributed by atoms with E-state index >= 15 is 0 Å². The van der Waals surface area contributed by atoms with Crippen molar-refractivity contribution >= 4 is 50.2 Å². The third kappa shape index (κ3) is 4.85. The van der Waals surface area contributed by atoms with Crippen LogP contribution >= 0.6 is 0 Å². The molecule has 0 saturated heterocycles. The van der Waals surface area contributed by atoms with E-state index in [1.165, 1.54) is 12.1 Å². The van der Waals surface area contributed by atoms with Gasteiger partial charge < -0.3 is 15.2 Å². The predicted octanol–water partition coefficient (Wildman–Crippen LogP) is 7.67. The summed E-state index contributed by atoms with van der Waals surface area (Å²) in [7, 11) is 0. The molecule has 0 spiro atoms. The first kappa shape index (κ1) is 24.4. The van der Waals surface area contributed by atoms with Crippen LogP contribution in [-0.4, -0.2) is 22.5 Å². The van der Waals surface area contributed by atoms with Gasteiger partial charge >= 0.3 is 0 Å². The lowest BCUT2D eigenvalue weighted by molar-refractivity contribution is -0.384. The molecular formula is C29H22N4O5. The average molecular weight is 507 g/mol. The maximum Gasteiger partial charge on any atom is 0.300 e. The number of nitrogens with zero attached hydrogens (tertiary/aromatic N) is 3. The highest BCUT2D eigenvalue weighted by Gasteiger charge is 2.17. The Morgan fingerprint density at radius 1 is 0.895 bits per heavy atom. The Hall–Kier alpha value is -5.31. The minimum absolute atomic E-state index is 0.0895. The number of hydrogen-bond acceptors (Lipinski definition) is 7. The Morgan fingerprint density at radius 3 is 2.29 bits per heavy atom. The van der Waals surface area contributed by atoms with Crippen LogP contribution in [0, 0.1) is 10.1 Å². The second kappa shape index (κ2) is 10.4. The van der Waals surface area contributed by atoms with Crippen LogP contribution in [-0.2, 0) is 0 Å². The van der Waals surface area contributed by atoms with Crippen molar-refractivity contribution < 1.29 is 19.6 Å². The highest BCUT2D eigenvalue weighted by atomic mass is 16.6. The summed E-state index contributed by atoms with van der Waals surface area (Å²) in [6, 6.07) is 25.7. The summed E-state index contributed by atoms with van der Waals surface area (Å²) in [5.74, 6) is -0.202. The highest BCUT2D eigenvalue weighted by molar-refractivity contribution is 6.13. The summed E-state index contributed by atoms with van der Waals surface area (Å²) in [4.78, 5) is 24.1. The first-order valence-corrected chi connectivity index (χ1v) is 11.8. The van der Waals surface area contributed by atoms with Crippen LogP contribution in [0.4, 0.5) is 22.7 Å². The SMILES string of the molecule is CCOc1ccc(N=Nc2ccc(NC(=O)c3cc4ccccc4cc3O)c3ccccc23)c([N+](=O)[O-])c1. The van der Waals surface area contributed by atoms with E-state index in [0.29, 0.717) is 34.5 Å². The molecule has 38 heavy (non-hydrogen) atoms. The molecule has 5 rings (SSSR count). The number of phenolic OH excluding ortho intramolecular Hbond substituents is 1. The number of anilines is 1. The minimum Gasteiger partial charge on any atom is -0.507 e. The largest absolute Gasteiger partial charge is 0.507 e. The molecule has 5 aromatic rings. The maximum atomic E-state index is 13.1. The third-order valence-corrected chi connectivity index (χ3v) is 5.98. The lowest BCUT2D eigenvalue weighted by atomic mass is 10.0. The summed E-state index contributed by atoms with van der Waals surface area (Å²) in [5.41, 5.74) is 1.01. The van der Waals surface area contributed by atoms with Crippen molar-refractivity contribution in [2.75, 3.05) is 11.9 Å². The van der Waals surface area contributed by atoms with Gasteiger partial charge in [0.1, 0.15) is 11.5 Å². The number of benzene rings is 5. The third-order valence-electron chi connectivity index (χ3n) is 5.98. The van der Waals surface area contributed by atoms with Gasteiger partial charge in [0, 0.05) is 16.5 Å². The van der Waals surface area contributed by atoms with Gasteiger partial charge in [0.25, 0.3) is 11.6 Å². The standard InChI is InChI=1S/C29H22N4O5/c1-2-38-20-11-12-26(27(17-20)33(36)37)32-31-25-14-13-24(21-9-5-6-10-22(21)25)30-29(35)23-15-18-7-3-4-8-19(18)16-28(23)34/h3-17,34H,2H2,1H3,(H,30,35). The fourth-order valence-corrected chi connectivity index (χ4v) is 4.18. The second-order valence-electron chi connectivity index (χ2n) is 8.39. The van der Waals surface area contributed by atoms with Gasteiger partial charge in [0.05, 0.1) is 28.8 Å². The van der Waals surface area contributed by atoms with E-state index in [1.54, 1.807) is 37.3 Å². The molecule has 9 heteroatoms. The number of aromatic hydroxyl groups is 1. The van der Waals surface area contributed by atoms with E-state index in [9.17, 15) is 20.0 Å². The van der Waals surface area contributed by atoms with E-state index < -0.39 is 10.8 Å². The number of phenols is 1. The molecule has 0 atom stereocenters. The molecular weight excluding hydrogens is 484 g/mol. The van der Waals surface area contributed by atoms with Crippen molar-refractivity contribution in [3.05, 3.63) is 107 Å². The number of hydrogen-bond donors (Lipinski definition) is 2. The summed E-state index contributed by atoms with van der Waals surface area (Å²) < 4.78 is 5.35.